The molecule has 0 amide bonds. The van der Waals surface area contributed by atoms with E-state index in [0.717, 1.165) is 0 Å². The van der Waals surface area contributed by atoms with Crippen LogP contribution in [0.4, 0.5) is 0 Å². The summed E-state index contributed by atoms with van der Waals surface area (Å²) in [6.45, 7) is 31.2. The summed E-state index contributed by atoms with van der Waals surface area (Å²) in [5.74, 6) is 0.560. The number of aryl methyl sites for hydroxylation is 4. The van der Waals surface area contributed by atoms with E-state index in [9.17, 15) is 0 Å². The molecule has 50 heavy (non-hydrogen) atoms. The largest absolute Gasteiger partial charge is 1.00 e. The molecule has 0 N–H and O–H groups in total. The number of fused-ring (bicyclic) bond motifs is 3. The Morgan fingerprint density at radius 1 is 0.600 bits per heavy atom. The molecule has 0 aromatic heterocycles. The molecule has 1 unspecified atom stereocenters. The third-order valence-corrected chi connectivity index (χ3v) is 11.3. The van der Waals surface area contributed by atoms with Gasteiger partial charge < -0.3 is 24.8 Å². The molecule has 0 saturated carbocycles. The van der Waals surface area contributed by atoms with Crippen molar-refractivity contribution in [3.8, 4) is 0 Å². The van der Waals surface area contributed by atoms with Gasteiger partial charge in [-0.25, -0.2) is 5.57 Å². The van der Waals surface area contributed by atoms with Crippen LogP contribution >= 0.6 is 0 Å². The summed E-state index contributed by atoms with van der Waals surface area (Å²) in [4.78, 5) is 0. The molecule has 1 aliphatic rings. The minimum absolute atomic E-state index is 0. The summed E-state index contributed by atoms with van der Waals surface area (Å²) in [5.41, 5.74) is 15.6. The van der Waals surface area contributed by atoms with Crippen LogP contribution in [-0.2, 0) is 35.1 Å². The molecule has 0 heterocycles. The summed E-state index contributed by atoms with van der Waals surface area (Å²) in [6, 6.07) is 29.5. The Morgan fingerprint density at radius 3 is 1.22 bits per heavy atom. The molecule has 6 rings (SSSR count). The molecule has 0 aliphatic heterocycles. The molecule has 3 heteroatoms. The smallest absolute Gasteiger partial charge is 1.00 e. The maximum atomic E-state index is 3.36. The van der Waals surface area contributed by atoms with Crippen molar-refractivity contribution in [3.63, 3.8) is 0 Å². The minimum atomic E-state index is 0. The van der Waals surface area contributed by atoms with Crippen LogP contribution in [0, 0.1) is 39.7 Å². The van der Waals surface area contributed by atoms with Crippen LogP contribution in [0.25, 0.3) is 21.5 Å². The van der Waals surface area contributed by atoms with E-state index in [0.29, 0.717) is 5.92 Å². The fourth-order valence-corrected chi connectivity index (χ4v) is 7.54. The summed E-state index contributed by atoms with van der Waals surface area (Å²) in [6.07, 6.45) is 3.36. The fraction of sp³-hybridized carbons (Fsp3) is 0.362. The molecule has 0 nitrogen and oxygen atoms in total. The zero-order valence-electron chi connectivity index (χ0n) is 32.8. The summed E-state index contributed by atoms with van der Waals surface area (Å²) < 4.78 is 1.42. The van der Waals surface area contributed by atoms with Crippen molar-refractivity contribution in [2.45, 2.75) is 108 Å². The molecule has 1 atom stereocenters. The standard InChI is InChI=1S/C23H29.C15H14.C9H13.2ClH.Zr/c1-14-9-16-11-17-10-15(2)21(23(6,7)8)13-19(17)18(16)12-20(14)22(3,4)5;1-12-3-7-14(8-4-12)11-15-9-5-13(2)6-10-15;1-6-5-7(2)9(4)8(6)3;;;/h9-13H,1-8H3;3-10H,1-2H3;6H,1-4H3;2*1H;/q-1;;-1;;;+2/p-2. The van der Waals surface area contributed by atoms with E-state index in [4.69, 9.17) is 0 Å². The number of allylic oxidation sites excluding steroid dienone is 4. The molecule has 0 fully saturated rings. The van der Waals surface area contributed by atoms with Crippen molar-refractivity contribution in [1.29, 1.82) is 0 Å². The van der Waals surface area contributed by atoms with Gasteiger partial charge in [-0.3, -0.25) is 6.08 Å². The van der Waals surface area contributed by atoms with E-state index in [-0.39, 0.29) is 35.6 Å². The second-order valence-corrected chi connectivity index (χ2v) is 17.3. The monoisotopic (exact) mass is 780 g/mol. The number of hydrogen-bond acceptors (Lipinski definition) is 0. The second kappa shape index (κ2) is 17.4. The number of hydrogen-bond donors (Lipinski definition) is 0. The van der Waals surface area contributed by atoms with Crippen LogP contribution in [0.1, 0.15) is 114 Å². The summed E-state index contributed by atoms with van der Waals surface area (Å²) in [5, 5.41) is 5.55. The van der Waals surface area contributed by atoms with Crippen LogP contribution in [0.2, 0.25) is 0 Å². The van der Waals surface area contributed by atoms with Gasteiger partial charge in [-0.1, -0.05) is 103 Å². The zero-order valence-corrected chi connectivity index (χ0v) is 36.8. The Hall–Kier alpha value is -2.44. The molecule has 0 bridgehead atoms. The van der Waals surface area contributed by atoms with Crippen molar-refractivity contribution < 1.29 is 49.0 Å². The van der Waals surface area contributed by atoms with E-state index in [1.165, 1.54) is 110 Å². The third kappa shape index (κ3) is 10.3. The summed E-state index contributed by atoms with van der Waals surface area (Å²) in [7, 11) is 0. The number of rotatable bonds is 2. The first-order chi connectivity index (χ1) is 22.3. The molecule has 264 valence electrons. The Balaban J connectivity index is 0.000000280. The van der Waals surface area contributed by atoms with Gasteiger partial charge in [-0.05, 0) is 24.7 Å². The van der Waals surface area contributed by atoms with Crippen molar-refractivity contribution in [2.75, 3.05) is 0 Å². The SMILES string of the molecule is CC1=[C-]C(C)C(C)=C1C.Cc1cc2[cH-]c3cc(C)c(C(C)(C)C)cc3c2cc1C(C)(C)C.Cc1ccc([C](=[Zr+2])c2ccc(C)cc2)cc1.[Cl-].[Cl-]. The Labute approximate surface area is 331 Å². The Bertz CT molecular complexity index is 1880. The van der Waals surface area contributed by atoms with Crippen molar-refractivity contribution in [2.24, 2.45) is 5.92 Å². The van der Waals surface area contributed by atoms with Gasteiger partial charge in [-0.15, -0.1) is 46.7 Å². The first-order valence-corrected chi connectivity index (χ1v) is 18.7. The number of benzene rings is 4. The normalized spacial score (nSPS) is 14.2. The van der Waals surface area contributed by atoms with Gasteiger partial charge in [0, 0.05) is 0 Å². The minimum Gasteiger partial charge on any atom is -1.00 e. The molecule has 0 spiro atoms. The van der Waals surface area contributed by atoms with Crippen molar-refractivity contribution >= 4 is 24.8 Å². The second-order valence-electron chi connectivity index (χ2n) is 16.1. The molecular weight excluding hydrogens is 727 g/mol. The molecule has 5 aromatic carbocycles. The van der Waals surface area contributed by atoms with Gasteiger partial charge in [0.25, 0.3) is 0 Å². The van der Waals surface area contributed by atoms with Gasteiger partial charge in [0.2, 0.25) is 0 Å². The van der Waals surface area contributed by atoms with Crippen LogP contribution in [-0.4, -0.2) is 3.21 Å². The predicted molar refractivity (Wildman–Crippen MR) is 209 cm³/mol. The van der Waals surface area contributed by atoms with Crippen molar-refractivity contribution in [1.82, 2.24) is 0 Å². The Kier molecular flexibility index (Phi) is 15.2. The van der Waals surface area contributed by atoms with Gasteiger partial charge in [0.15, 0.2) is 0 Å². The topological polar surface area (TPSA) is 0 Å². The van der Waals surface area contributed by atoms with Crippen molar-refractivity contribution in [3.05, 3.63) is 146 Å². The van der Waals surface area contributed by atoms with Gasteiger partial charge >= 0.3 is 112 Å². The third-order valence-electron chi connectivity index (χ3n) is 9.93. The number of halogens is 2. The first kappa shape index (κ1) is 43.7. The quantitative estimate of drug-likeness (QED) is 0.168. The average Bonchev–Trinajstić information content (AvgIpc) is 3.45. The van der Waals surface area contributed by atoms with Crippen LogP contribution < -0.4 is 24.8 Å². The maximum absolute atomic E-state index is 3.36. The first-order valence-electron chi connectivity index (χ1n) is 17.4. The molecular formula is C47H56Cl2Zr-2. The van der Waals surface area contributed by atoms with E-state index in [2.05, 4.69) is 182 Å². The summed E-state index contributed by atoms with van der Waals surface area (Å²) >= 11 is 1.46. The van der Waals surface area contributed by atoms with E-state index >= 15 is 0 Å². The molecule has 0 saturated heterocycles. The molecule has 5 aromatic rings. The van der Waals surface area contributed by atoms with Crippen LogP contribution in [0.3, 0.4) is 0 Å². The van der Waals surface area contributed by atoms with E-state index in [1.54, 1.807) is 0 Å². The van der Waals surface area contributed by atoms with Gasteiger partial charge in [-0.2, -0.15) is 11.1 Å². The van der Waals surface area contributed by atoms with Gasteiger partial charge in [0.1, 0.15) is 0 Å². The maximum Gasteiger partial charge on any atom is -1.00 e. The fourth-order valence-electron chi connectivity index (χ4n) is 6.72. The van der Waals surface area contributed by atoms with E-state index in [1.807, 2.05) is 0 Å². The van der Waals surface area contributed by atoms with E-state index < -0.39 is 0 Å². The Morgan fingerprint density at radius 2 is 0.960 bits per heavy atom. The molecule has 1 aliphatic carbocycles. The molecule has 0 radical (unpaired) electrons. The van der Waals surface area contributed by atoms with Crippen LogP contribution in [0.5, 0.6) is 0 Å². The van der Waals surface area contributed by atoms with Crippen LogP contribution in [0.15, 0.2) is 95.6 Å². The van der Waals surface area contributed by atoms with Gasteiger partial charge in [0.05, 0.1) is 0 Å². The zero-order chi connectivity index (χ0) is 35.7. The average molecular weight is 783 g/mol. The predicted octanol–water partition coefficient (Wildman–Crippen LogP) is 7.07.